The first kappa shape index (κ1) is 25.1. The number of nitrogens with one attached hydrogen (secondary N) is 1. The molecule has 1 N–H and O–H groups in total. The third-order valence-electron chi connectivity index (χ3n) is 10.1. The van der Waals surface area contributed by atoms with Crippen LogP contribution < -0.4 is 5.76 Å². The molecule has 3 heterocycles. The van der Waals surface area contributed by atoms with Crippen LogP contribution in [0.25, 0.3) is 22.6 Å². The summed E-state index contributed by atoms with van der Waals surface area (Å²) in [7, 11) is 0. The highest BCUT2D eigenvalue weighted by Crippen LogP contribution is 2.63. The van der Waals surface area contributed by atoms with E-state index in [9.17, 15) is 13.6 Å². The molecule has 8 rings (SSSR count). The average Bonchev–Trinajstić information content (AvgIpc) is 3.27. The van der Waals surface area contributed by atoms with Crippen molar-refractivity contribution < 1.29 is 22.6 Å². The minimum Gasteiger partial charge on any atom is -0.373 e. The van der Waals surface area contributed by atoms with Crippen LogP contribution in [0.5, 0.6) is 0 Å². The number of rotatable bonds is 7. The lowest BCUT2D eigenvalue weighted by Crippen LogP contribution is -2.31. The van der Waals surface area contributed by atoms with Crippen LogP contribution in [0.1, 0.15) is 74.3 Å². The Morgan fingerprint density at radius 3 is 2.61 bits per heavy atom. The summed E-state index contributed by atoms with van der Waals surface area (Å²) in [4.78, 5) is 18.8. The van der Waals surface area contributed by atoms with E-state index in [-0.39, 0.29) is 35.3 Å². The smallest absolute Gasteiger partial charge is 0.373 e. The van der Waals surface area contributed by atoms with Crippen LogP contribution in [0.4, 0.5) is 8.78 Å². The lowest BCUT2D eigenvalue weighted by atomic mass is 9.73. The quantitative estimate of drug-likeness (QED) is 0.283. The first-order valence-corrected chi connectivity index (χ1v) is 14.6. The predicted octanol–water partition coefficient (Wildman–Crippen LogP) is 6.29. The van der Waals surface area contributed by atoms with E-state index >= 15 is 0 Å². The van der Waals surface area contributed by atoms with Gasteiger partial charge in [0.1, 0.15) is 23.1 Å². The fourth-order valence-electron chi connectivity index (χ4n) is 8.17. The van der Waals surface area contributed by atoms with Gasteiger partial charge in [-0.3, -0.25) is 14.5 Å². The van der Waals surface area contributed by atoms with E-state index in [0.29, 0.717) is 34.9 Å². The molecule has 1 aromatic carbocycles. The molecule has 4 aromatic rings. The first-order valence-electron chi connectivity index (χ1n) is 14.6. The first-order chi connectivity index (χ1) is 20.0. The molecule has 0 aliphatic heterocycles. The van der Waals surface area contributed by atoms with Crippen LogP contribution in [0.3, 0.4) is 0 Å². The fourth-order valence-corrected chi connectivity index (χ4v) is 8.17. The molecule has 0 spiro atoms. The van der Waals surface area contributed by atoms with E-state index in [1.54, 1.807) is 6.20 Å². The van der Waals surface area contributed by atoms with Crippen LogP contribution in [-0.2, 0) is 16.8 Å². The Bertz CT molecular complexity index is 1640. The molecule has 8 nitrogen and oxygen atoms in total. The van der Waals surface area contributed by atoms with Gasteiger partial charge in [-0.05, 0) is 93.4 Å². The minimum atomic E-state index is -0.646. The largest absolute Gasteiger partial charge is 0.439 e. The van der Waals surface area contributed by atoms with Crippen molar-refractivity contribution in [2.75, 3.05) is 0 Å². The van der Waals surface area contributed by atoms with Crippen molar-refractivity contribution >= 4 is 0 Å². The van der Waals surface area contributed by atoms with E-state index in [4.69, 9.17) is 14.2 Å². The van der Waals surface area contributed by atoms with Gasteiger partial charge < -0.3 is 9.26 Å². The highest BCUT2D eigenvalue weighted by molar-refractivity contribution is 5.65. The van der Waals surface area contributed by atoms with Crippen molar-refractivity contribution in [2.45, 2.75) is 75.4 Å². The van der Waals surface area contributed by atoms with Crippen molar-refractivity contribution in [1.82, 2.24) is 20.3 Å². The molecule has 41 heavy (non-hydrogen) atoms. The molecule has 2 bridgehead atoms. The average molecular weight is 561 g/mol. The minimum absolute atomic E-state index is 0.0687. The molecule has 212 valence electrons. The summed E-state index contributed by atoms with van der Waals surface area (Å²) in [6.45, 7) is 0.242. The van der Waals surface area contributed by atoms with Gasteiger partial charge in [0.25, 0.3) is 0 Å². The van der Waals surface area contributed by atoms with Gasteiger partial charge >= 0.3 is 5.76 Å². The number of nitrogens with zero attached hydrogens (tertiary/aromatic N) is 3. The number of aromatic nitrogens is 4. The summed E-state index contributed by atoms with van der Waals surface area (Å²) >= 11 is 0. The molecule has 0 radical (unpaired) electrons. The van der Waals surface area contributed by atoms with Crippen molar-refractivity contribution in [3.63, 3.8) is 0 Å². The number of hydrogen-bond acceptors (Lipinski definition) is 7. The Morgan fingerprint density at radius 1 is 1.02 bits per heavy atom. The third kappa shape index (κ3) is 4.17. The molecule has 3 aromatic heterocycles. The van der Waals surface area contributed by atoms with Gasteiger partial charge in [0.05, 0.1) is 18.3 Å². The molecule has 0 saturated heterocycles. The fraction of sp³-hybridized carbons (Fsp3) is 0.484. The maximum Gasteiger partial charge on any atom is 0.439 e. The zero-order valence-electron chi connectivity index (χ0n) is 22.4. The van der Waals surface area contributed by atoms with E-state index in [0.717, 1.165) is 62.6 Å². The van der Waals surface area contributed by atoms with Gasteiger partial charge in [-0.15, -0.1) is 0 Å². The van der Waals surface area contributed by atoms with E-state index < -0.39 is 17.4 Å². The lowest BCUT2D eigenvalue weighted by Gasteiger charge is -2.33. The number of hydrogen-bond donors (Lipinski definition) is 1. The summed E-state index contributed by atoms with van der Waals surface area (Å²) in [5.74, 6) is 1.08. The summed E-state index contributed by atoms with van der Waals surface area (Å²) in [6, 6.07) is 7.91. The molecule has 10 heteroatoms. The van der Waals surface area contributed by atoms with Crippen molar-refractivity contribution in [3.05, 3.63) is 75.7 Å². The zero-order valence-corrected chi connectivity index (χ0v) is 22.4. The van der Waals surface area contributed by atoms with Crippen LogP contribution >= 0.6 is 0 Å². The number of benzene rings is 1. The van der Waals surface area contributed by atoms with Crippen LogP contribution in [0, 0.1) is 29.4 Å². The molecule has 2 unspecified atom stereocenters. The molecule has 4 fully saturated rings. The van der Waals surface area contributed by atoms with Crippen LogP contribution in [0.2, 0.25) is 0 Å². The lowest BCUT2D eigenvalue weighted by molar-refractivity contribution is 0.0101. The topological polar surface area (TPSA) is 107 Å². The van der Waals surface area contributed by atoms with E-state index in [2.05, 4.69) is 25.9 Å². The SMILES string of the molecule is O=c1[nH]c(-c2ccc(C34CC[C@H]5C[C@@H](OCc6c(-c7c(F)cccc7F)noc6C6CC6)C[C@H](CC53)C4)nc2)no1. The number of halogens is 2. The highest BCUT2D eigenvalue weighted by Gasteiger charge is 2.57. The number of H-pyrrole nitrogens is 1. The maximum absolute atomic E-state index is 14.7. The molecule has 4 aliphatic carbocycles. The third-order valence-corrected chi connectivity index (χ3v) is 10.1. The van der Waals surface area contributed by atoms with Gasteiger partial charge in [0, 0.05) is 34.4 Å². The maximum atomic E-state index is 14.7. The standard InChI is InChI=1S/C31H30F2N4O4/c32-23-2-1-3-24(33)26(23)27-21(28(40-36-27)17-4-5-17)15-39-20-10-16-11-22-18(12-20)8-9-31(22,13-16)25-7-6-19(14-34-25)29-35-30(38)41-37-29/h1-3,6-7,14,16-18,20,22H,4-5,8-13,15H2,(H,35,37,38)/t16-,18+,20+,22?,31?/m1/s1. The summed E-state index contributed by atoms with van der Waals surface area (Å²) in [5.41, 5.74) is 2.68. The van der Waals surface area contributed by atoms with Gasteiger partial charge in [-0.1, -0.05) is 16.4 Å². The number of aromatic amines is 1. The van der Waals surface area contributed by atoms with Gasteiger partial charge in [-0.2, -0.15) is 0 Å². The Labute approximate surface area is 234 Å². The highest BCUT2D eigenvalue weighted by atomic mass is 19.1. The van der Waals surface area contributed by atoms with Gasteiger partial charge in [0.15, 0.2) is 5.82 Å². The Balaban J connectivity index is 1.01. The molecule has 5 atom stereocenters. The van der Waals surface area contributed by atoms with E-state index in [1.165, 1.54) is 18.2 Å². The summed E-state index contributed by atoms with van der Waals surface area (Å²) in [5, 5.41) is 7.90. The molecular formula is C31H30F2N4O4. The molecule has 4 saturated carbocycles. The Morgan fingerprint density at radius 2 is 1.88 bits per heavy atom. The Kier molecular flexibility index (Phi) is 5.77. The monoisotopic (exact) mass is 560 g/mol. The number of ether oxygens (including phenoxy) is 1. The number of fused-ring (bicyclic) bond motifs is 1. The van der Waals surface area contributed by atoms with Gasteiger partial charge in [0.2, 0.25) is 0 Å². The second-order valence-corrected chi connectivity index (χ2v) is 12.4. The normalized spacial score (nSPS) is 28.7. The molecule has 0 amide bonds. The van der Waals surface area contributed by atoms with Crippen molar-refractivity contribution in [3.8, 4) is 22.6 Å². The zero-order chi connectivity index (χ0) is 27.7. The second kappa shape index (κ2) is 9.44. The van der Waals surface area contributed by atoms with Crippen molar-refractivity contribution in [1.29, 1.82) is 0 Å². The van der Waals surface area contributed by atoms with Gasteiger partial charge in [-0.25, -0.2) is 13.6 Å². The molecule has 4 aliphatic rings. The summed E-state index contributed by atoms with van der Waals surface area (Å²) in [6.07, 6.45) is 10.2. The predicted molar refractivity (Wildman–Crippen MR) is 143 cm³/mol. The van der Waals surface area contributed by atoms with Crippen LogP contribution in [0.15, 0.2) is 50.4 Å². The van der Waals surface area contributed by atoms with Crippen molar-refractivity contribution in [2.24, 2.45) is 17.8 Å². The second-order valence-electron chi connectivity index (χ2n) is 12.4. The summed E-state index contributed by atoms with van der Waals surface area (Å²) < 4.78 is 46.2. The van der Waals surface area contributed by atoms with E-state index in [1.807, 2.05) is 6.07 Å². The molecular weight excluding hydrogens is 530 g/mol. The van der Waals surface area contributed by atoms with Crippen LogP contribution in [-0.4, -0.2) is 26.4 Å². The Hall–Kier alpha value is -3.66. The number of pyridine rings is 1.